The molecule has 0 spiro atoms. The van der Waals surface area contributed by atoms with Gasteiger partial charge in [0.15, 0.2) is 0 Å². The van der Waals surface area contributed by atoms with Gasteiger partial charge in [-0.1, -0.05) is 6.07 Å². The molecule has 2 aliphatic heterocycles. The predicted octanol–water partition coefficient (Wildman–Crippen LogP) is 3.03. The lowest BCUT2D eigenvalue weighted by Gasteiger charge is -2.33. The highest BCUT2D eigenvalue weighted by molar-refractivity contribution is 5.80. The van der Waals surface area contributed by atoms with Crippen molar-refractivity contribution >= 4 is 17.4 Å². The molecule has 3 aromatic rings. The molecule has 5 rings (SSSR count). The highest BCUT2D eigenvalue weighted by Gasteiger charge is 2.28. The zero-order valence-corrected chi connectivity index (χ0v) is 19.4. The Morgan fingerprint density at radius 3 is 2.46 bits per heavy atom. The van der Waals surface area contributed by atoms with Crippen LogP contribution in [0.1, 0.15) is 17.0 Å². The maximum Gasteiger partial charge on any atom is 0.291 e. The van der Waals surface area contributed by atoms with E-state index in [2.05, 4.69) is 21.8 Å². The normalized spacial score (nSPS) is 15.8. The number of nitro groups is 1. The molecular formula is C25H25FN6O3. The molecule has 35 heavy (non-hydrogen) atoms. The van der Waals surface area contributed by atoms with Gasteiger partial charge in [0.05, 0.1) is 29.3 Å². The first-order valence-corrected chi connectivity index (χ1v) is 11.5. The lowest BCUT2D eigenvalue weighted by atomic mass is 10.1. The van der Waals surface area contributed by atoms with Gasteiger partial charge in [-0.05, 0) is 49.0 Å². The maximum atomic E-state index is 13.3. The number of benzene rings is 1. The molecule has 2 aliphatic rings. The highest BCUT2D eigenvalue weighted by atomic mass is 19.1. The van der Waals surface area contributed by atoms with Crippen LogP contribution in [0.2, 0.25) is 0 Å². The number of hydrogen-bond acceptors (Lipinski definition) is 7. The summed E-state index contributed by atoms with van der Waals surface area (Å²) in [5.41, 5.74) is 2.78. The number of aromatic nitrogens is 2. The first-order valence-electron chi connectivity index (χ1n) is 11.5. The SMILES string of the molecule is CN1CCN(c2ccc3c(n2)CN(C(=O)Cc2nc(-c4ccc(F)cc4)ccc2[N+](=O)[O-])C3)CC1. The van der Waals surface area contributed by atoms with E-state index in [4.69, 9.17) is 4.98 Å². The van der Waals surface area contributed by atoms with Crippen molar-refractivity contribution < 1.29 is 14.1 Å². The van der Waals surface area contributed by atoms with Gasteiger partial charge in [0.2, 0.25) is 5.91 Å². The molecule has 1 aromatic carbocycles. The van der Waals surface area contributed by atoms with Gasteiger partial charge in [0, 0.05) is 44.4 Å². The van der Waals surface area contributed by atoms with E-state index in [9.17, 15) is 19.3 Å². The summed E-state index contributed by atoms with van der Waals surface area (Å²) in [5, 5.41) is 11.6. The summed E-state index contributed by atoms with van der Waals surface area (Å²) in [6.45, 7) is 4.55. The van der Waals surface area contributed by atoms with Crippen LogP contribution in [0.5, 0.6) is 0 Å². The van der Waals surface area contributed by atoms with Crippen LogP contribution in [0.3, 0.4) is 0 Å². The molecule has 9 nitrogen and oxygen atoms in total. The minimum atomic E-state index is -0.535. The Morgan fingerprint density at radius 1 is 1.00 bits per heavy atom. The highest BCUT2D eigenvalue weighted by Crippen LogP contribution is 2.28. The van der Waals surface area contributed by atoms with Gasteiger partial charge in [-0.2, -0.15) is 0 Å². The van der Waals surface area contributed by atoms with Crippen molar-refractivity contribution in [3.63, 3.8) is 0 Å². The zero-order valence-electron chi connectivity index (χ0n) is 19.4. The third-order valence-electron chi connectivity index (χ3n) is 6.54. The Balaban J connectivity index is 1.33. The fourth-order valence-electron chi connectivity index (χ4n) is 4.46. The average Bonchev–Trinajstić information content (AvgIpc) is 3.28. The van der Waals surface area contributed by atoms with E-state index in [-0.39, 0.29) is 29.5 Å². The second-order valence-electron chi connectivity index (χ2n) is 8.92. The number of hydrogen-bond donors (Lipinski definition) is 0. The van der Waals surface area contributed by atoms with Gasteiger partial charge in [-0.15, -0.1) is 0 Å². The number of halogens is 1. The number of fused-ring (bicyclic) bond motifs is 1. The second kappa shape index (κ2) is 9.38. The number of likely N-dealkylation sites (N-methyl/N-ethyl adjacent to an activating group) is 1. The molecule has 0 aliphatic carbocycles. The van der Waals surface area contributed by atoms with Crippen LogP contribution in [0, 0.1) is 15.9 Å². The molecule has 1 amide bonds. The number of anilines is 1. The summed E-state index contributed by atoms with van der Waals surface area (Å²) < 4.78 is 13.3. The minimum absolute atomic E-state index is 0.0869. The van der Waals surface area contributed by atoms with Crippen LogP contribution in [0.25, 0.3) is 11.3 Å². The smallest absolute Gasteiger partial charge is 0.291 e. The Morgan fingerprint density at radius 2 is 1.74 bits per heavy atom. The molecule has 0 saturated carbocycles. The zero-order chi connectivity index (χ0) is 24.5. The van der Waals surface area contributed by atoms with Crippen LogP contribution in [-0.4, -0.2) is 63.8 Å². The molecule has 180 valence electrons. The minimum Gasteiger partial charge on any atom is -0.354 e. The standard InChI is InChI=1S/C25H25FN6O3/c1-29-10-12-30(13-11-29)24-9-4-18-15-31(16-22(18)28-24)25(33)14-21-23(32(34)35)8-7-20(27-21)17-2-5-19(26)6-3-17/h2-9H,10-16H2,1H3. The van der Waals surface area contributed by atoms with Crippen molar-refractivity contribution in [2.24, 2.45) is 0 Å². The van der Waals surface area contributed by atoms with Gasteiger partial charge >= 0.3 is 0 Å². The predicted molar refractivity (Wildman–Crippen MR) is 128 cm³/mol. The first-order chi connectivity index (χ1) is 16.9. The number of rotatable bonds is 5. The fourth-order valence-corrected chi connectivity index (χ4v) is 4.46. The number of piperazine rings is 1. The second-order valence-corrected chi connectivity index (χ2v) is 8.92. The lowest BCUT2D eigenvalue weighted by Crippen LogP contribution is -2.44. The fraction of sp³-hybridized carbons (Fsp3) is 0.320. The van der Waals surface area contributed by atoms with E-state index in [0.717, 1.165) is 43.3 Å². The van der Waals surface area contributed by atoms with Crippen molar-refractivity contribution in [2.45, 2.75) is 19.5 Å². The average molecular weight is 477 g/mol. The number of amides is 1. The van der Waals surface area contributed by atoms with E-state index >= 15 is 0 Å². The van der Waals surface area contributed by atoms with Gasteiger partial charge in [0.1, 0.15) is 17.3 Å². The summed E-state index contributed by atoms with van der Waals surface area (Å²) >= 11 is 0. The van der Waals surface area contributed by atoms with Gasteiger partial charge in [-0.3, -0.25) is 14.9 Å². The Labute approximate surface area is 202 Å². The largest absolute Gasteiger partial charge is 0.354 e. The third kappa shape index (κ3) is 4.83. The monoisotopic (exact) mass is 476 g/mol. The van der Waals surface area contributed by atoms with Gasteiger partial charge in [-0.25, -0.2) is 14.4 Å². The summed E-state index contributed by atoms with van der Waals surface area (Å²) in [7, 11) is 2.10. The molecule has 1 fully saturated rings. The number of pyridine rings is 2. The topological polar surface area (TPSA) is 95.7 Å². The lowest BCUT2D eigenvalue weighted by molar-refractivity contribution is -0.385. The van der Waals surface area contributed by atoms with Gasteiger partial charge < -0.3 is 14.7 Å². The van der Waals surface area contributed by atoms with Crippen LogP contribution >= 0.6 is 0 Å². The summed E-state index contributed by atoms with van der Waals surface area (Å²) in [6, 6.07) is 12.6. The molecule has 1 saturated heterocycles. The van der Waals surface area contributed by atoms with Crippen molar-refractivity contribution in [2.75, 3.05) is 38.1 Å². The van der Waals surface area contributed by atoms with Crippen molar-refractivity contribution in [1.29, 1.82) is 0 Å². The molecule has 0 radical (unpaired) electrons. The van der Waals surface area contributed by atoms with Gasteiger partial charge in [0.25, 0.3) is 5.69 Å². The summed E-state index contributed by atoms with van der Waals surface area (Å²) in [4.78, 5) is 39.6. The Bertz CT molecular complexity index is 1270. The van der Waals surface area contributed by atoms with Crippen LogP contribution < -0.4 is 4.90 Å². The van der Waals surface area contributed by atoms with E-state index < -0.39 is 4.92 Å². The summed E-state index contributed by atoms with van der Waals surface area (Å²) in [6.07, 6.45) is -0.204. The number of nitrogens with zero attached hydrogens (tertiary/aromatic N) is 6. The molecule has 10 heteroatoms. The van der Waals surface area contributed by atoms with Crippen LogP contribution in [0.4, 0.5) is 15.9 Å². The molecule has 0 unspecified atom stereocenters. The molecule has 0 N–H and O–H groups in total. The molecule has 2 aromatic heterocycles. The number of carbonyl (C=O) groups excluding carboxylic acids is 1. The maximum absolute atomic E-state index is 13.3. The molecular weight excluding hydrogens is 451 g/mol. The molecule has 0 bridgehead atoms. The summed E-state index contributed by atoms with van der Waals surface area (Å²) in [5.74, 6) is 0.274. The Hall–Kier alpha value is -3.92. The Kier molecular flexibility index (Phi) is 6.12. The van der Waals surface area contributed by atoms with E-state index in [1.807, 2.05) is 12.1 Å². The quantitative estimate of drug-likeness (QED) is 0.413. The first kappa shape index (κ1) is 22.9. The van der Waals surface area contributed by atoms with Crippen LogP contribution in [-0.2, 0) is 24.3 Å². The molecule has 0 atom stereocenters. The van der Waals surface area contributed by atoms with Crippen LogP contribution in [0.15, 0.2) is 48.5 Å². The van der Waals surface area contributed by atoms with E-state index in [0.29, 0.717) is 24.3 Å². The van der Waals surface area contributed by atoms with E-state index in [1.165, 1.54) is 24.3 Å². The van der Waals surface area contributed by atoms with Crippen molar-refractivity contribution in [1.82, 2.24) is 19.8 Å². The van der Waals surface area contributed by atoms with Crippen molar-refractivity contribution in [3.8, 4) is 11.3 Å². The molecule has 4 heterocycles. The number of carbonyl (C=O) groups is 1. The van der Waals surface area contributed by atoms with Crippen molar-refractivity contribution in [3.05, 3.63) is 81.4 Å². The third-order valence-corrected chi connectivity index (χ3v) is 6.54. The van der Waals surface area contributed by atoms with E-state index in [1.54, 1.807) is 17.0 Å².